The van der Waals surface area contributed by atoms with E-state index < -0.39 is 0 Å². The molecule has 0 bridgehead atoms. The van der Waals surface area contributed by atoms with E-state index in [0.717, 1.165) is 5.69 Å². The summed E-state index contributed by atoms with van der Waals surface area (Å²) in [7, 11) is 1.66. The third-order valence-electron chi connectivity index (χ3n) is 3.57. The lowest BCUT2D eigenvalue weighted by molar-refractivity contribution is -0.119. The van der Waals surface area contributed by atoms with Crippen LogP contribution >= 0.6 is 23.2 Å². The average Bonchev–Trinajstić information content (AvgIpc) is 2.99. The van der Waals surface area contributed by atoms with Gasteiger partial charge in [0.2, 0.25) is 17.7 Å². The van der Waals surface area contributed by atoms with Crippen molar-refractivity contribution in [3.8, 4) is 0 Å². The molecule has 0 aliphatic rings. The third kappa shape index (κ3) is 6.53. The van der Waals surface area contributed by atoms with Gasteiger partial charge >= 0.3 is 0 Å². The van der Waals surface area contributed by atoms with Crippen molar-refractivity contribution in [3.63, 3.8) is 0 Å². The fourth-order valence-corrected chi connectivity index (χ4v) is 2.48. The molecule has 2 amide bonds. The van der Waals surface area contributed by atoms with Crippen molar-refractivity contribution in [2.24, 2.45) is 0 Å². The molecule has 2 rings (SSSR count). The summed E-state index contributed by atoms with van der Waals surface area (Å²) < 4.78 is 5.12. The van der Waals surface area contributed by atoms with Crippen LogP contribution in [0.25, 0.3) is 0 Å². The van der Waals surface area contributed by atoms with Crippen LogP contribution in [-0.4, -0.2) is 42.0 Å². The van der Waals surface area contributed by atoms with E-state index in [1.54, 1.807) is 36.2 Å². The van der Waals surface area contributed by atoms with Crippen LogP contribution in [0.4, 0.5) is 11.6 Å². The van der Waals surface area contributed by atoms with Crippen molar-refractivity contribution >= 4 is 46.6 Å². The minimum Gasteiger partial charge on any atom is -0.338 e. The van der Waals surface area contributed by atoms with Crippen molar-refractivity contribution in [3.05, 3.63) is 40.0 Å². The molecule has 7 nitrogen and oxygen atoms in total. The number of amides is 2. The molecule has 0 fully saturated rings. The maximum atomic E-state index is 12.1. The van der Waals surface area contributed by atoms with Gasteiger partial charge in [-0.25, -0.2) is 0 Å². The van der Waals surface area contributed by atoms with Gasteiger partial charge in [0.15, 0.2) is 0 Å². The molecule has 0 aliphatic carbocycles. The Morgan fingerprint density at radius 2 is 1.70 bits per heavy atom. The maximum Gasteiger partial charge on any atom is 0.240 e. The molecule has 1 aromatic heterocycles. The van der Waals surface area contributed by atoms with Crippen LogP contribution in [0.3, 0.4) is 0 Å². The predicted octanol–water partition coefficient (Wildman–Crippen LogP) is 3.79. The highest BCUT2D eigenvalue weighted by Gasteiger charge is 2.20. The second-order valence-corrected chi connectivity index (χ2v) is 8.04. The lowest BCUT2D eigenvalue weighted by atomic mass is 9.92. The predicted molar refractivity (Wildman–Crippen MR) is 106 cm³/mol. The van der Waals surface area contributed by atoms with Gasteiger partial charge in [-0.2, -0.15) is 0 Å². The van der Waals surface area contributed by atoms with E-state index in [4.69, 9.17) is 27.7 Å². The Bertz CT molecular complexity index is 830. The van der Waals surface area contributed by atoms with Crippen molar-refractivity contribution in [1.29, 1.82) is 0 Å². The summed E-state index contributed by atoms with van der Waals surface area (Å²) in [4.78, 5) is 25.8. The molecule has 2 aromatic rings. The van der Waals surface area contributed by atoms with Crippen LogP contribution < -0.4 is 10.6 Å². The topological polar surface area (TPSA) is 87.5 Å². The number of benzene rings is 1. The van der Waals surface area contributed by atoms with Gasteiger partial charge < -0.3 is 9.84 Å². The number of nitrogens with one attached hydrogen (secondary N) is 2. The molecule has 0 saturated carbocycles. The number of aromatic nitrogens is 1. The Hall–Kier alpha value is -2.09. The Kier molecular flexibility index (Phi) is 6.86. The van der Waals surface area contributed by atoms with Crippen LogP contribution in [0, 0.1) is 0 Å². The molecule has 0 unspecified atom stereocenters. The largest absolute Gasteiger partial charge is 0.338 e. The third-order valence-corrected chi connectivity index (χ3v) is 4.31. The van der Waals surface area contributed by atoms with Crippen LogP contribution in [-0.2, 0) is 15.0 Å². The zero-order chi connectivity index (χ0) is 20.2. The zero-order valence-corrected chi connectivity index (χ0v) is 17.1. The van der Waals surface area contributed by atoms with Gasteiger partial charge in [0.1, 0.15) is 0 Å². The van der Waals surface area contributed by atoms with E-state index in [-0.39, 0.29) is 36.2 Å². The number of hydrogen-bond donors (Lipinski definition) is 2. The second kappa shape index (κ2) is 8.73. The Morgan fingerprint density at radius 1 is 1.07 bits per heavy atom. The SMILES string of the molecule is CN(CC(=O)Nc1ccc(Cl)c(Cl)c1)CC(=O)Nc1cc(C(C)(C)C)no1. The normalized spacial score (nSPS) is 11.5. The Balaban J connectivity index is 1.82. The highest BCUT2D eigenvalue weighted by atomic mass is 35.5. The molecule has 0 atom stereocenters. The van der Waals surface area contributed by atoms with Gasteiger partial charge in [-0.05, 0) is 25.2 Å². The Labute approximate surface area is 168 Å². The molecular formula is C18H22Cl2N4O3. The molecule has 0 aliphatic heterocycles. The molecule has 1 aromatic carbocycles. The summed E-state index contributed by atoms with van der Waals surface area (Å²) in [6, 6.07) is 6.50. The van der Waals surface area contributed by atoms with E-state index in [1.165, 1.54) is 0 Å². The number of likely N-dealkylation sites (N-methyl/N-ethyl adjacent to an activating group) is 1. The van der Waals surface area contributed by atoms with Crippen LogP contribution in [0.5, 0.6) is 0 Å². The molecule has 0 saturated heterocycles. The minimum atomic E-state index is -0.309. The molecule has 0 spiro atoms. The van der Waals surface area contributed by atoms with Crippen LogP contribution in [0.1, 0.15) is 26.5 Å². The van der Waals surface area contributed by atoms with Crippen molar-refractivity contribution in [2.45, 2.75) is 26.2 Å². The molecular weight excluding hydrogens is 391 g/mol. The summed E-state index contributed by atoms with van der Waals surface area (Å²) in [5.41, 5.74) is 1.10. The van der Waals surface area contributed by atoms with E-state index in [0.29, 0.717) is 15.7 Å². The second-order valence-electron chi connectivity index (χ2n) is 7.22. The fraction of sp³-hybridized carbons (Fsp3) is 0.389. The number of anilines is 2. The number of carbonyl (C=O) groups is 2. The number of halogens is 2. The first-order valence-electron chi connectivity index (χ1n) is 8.25. The summed E-state index contributed by atoms with van der Waals surface area (Å²) >= 11 is 11.8. The van der Waals surface area contributed by atoms with Crippen molar-refractivity contribution in [2.75, 3.05) is 30.8 Å². The van der Waals surface area contributed by atoms with Gasteiger partial charge in [-0.3, -0.25) is 19.8 Å². The van der Waals surface area contributed by atoms with Crippen molar-refractivity contribution < 1.29 is 14.1 Å². The summed E-state index contributed by atoms with van der Waals surface area (Å²) in [6.07, 6.45) is 0. The first-order valence-corrected chi connectivity index (χ1v) is 9.00. The van der Waals surface area contributed by atoms with Crippen LogP contribution in [0.2, 0.25) is 10.0 Å². The first-order chi connectivity index (χ1) is 12.5. The van der Waals surface area contributed by atoms with Gasteiger partial charge in [0.25, 0.3) is 0 Å². The smallest absolute Gasteiger partial charge is 0.240 e. The van der Waals surface area contributed by atoms with Crippen LogP contribution in [0.15, 0.2) is 28.8 Å². The number of rotatable bonds is 6. The monoisotopic (exact) mass is 412 g/mol. The van der Waals surface area contributed by atoms with E-state index in [9.17, 15) is 9.59 Å². The highest BCUT2D eigenvalue weighted by molar-refractivity contribution is 6.42. The van der Waals surface area contributed by atoms with Gasteiger partial charge in [-0.15, -0.1) is 0 Å². The molecule has 2 N–H and O–H groups in total. The lowest BCUT2D eigenvalue weighted by Gasteiger charge is -2.15. The Morgan fingerprint density at radius 3 is 2.26 bits per heavy atom. The first kappa shape index (κ1) is 21.2. The molecule has 0 radical (unpaired) electrons. The maximum absolute atomic E-state index is 12.1. The summed E-state index contributed by atoms with van der Waals surface area (Å²) in [6.45, 7) is 6.03. The zero-order valence-electron chi connectivity index (χ0n) is 15.6. The van der Waals surface area contributed by atoms with E-state index in [1.807, 2.05) is 20.8 Å². The van der Waals surface area contributed by atoms with Crippen molar-refractivity contribution in [1.82, 2.24) is 10.1 Å². The summed E-state index contributed by atoms with van der Waals surface area (Å²) in [5, 5.41) is 10.0. The number of hydrogen-bond acceptors (Lipinski definition) is 5. The summed E-state index contributed by atoms with van der Waals surface area (Å²) in [5.74, 6) is -0.312. The van der Waals surface area contributed by atoms with E-state index in [2.05, 4.69) is 15.8 Å². The number of nitrogens with zero attached hydrogens (tertiary/aromatic N) is 2. The van der Waals surface area contributed by atoms with Gasteiger partial charge in [0, 0.05) is 17.2 Å². The minimum absolute atomic E-state index is 0.0142. The lowest BCUT2D eigenvalue weighted by Crippen LogP contribution is -2.36. The molecule has 146 valence electrons. The van der Waals surface area contributed by atoms with E-state index >= 15 is 0 Å². The molecule has 9 heteroatoms. The molecule has 27 heavy (non-hydrogen) atoms. The standard InChI is InChI=1S/C18H22Cl2N4O3/c1-18(2,3)14-8-17(27-23-14)22-16(26)10-24(4)9-15(25)21-11-5-6-12(19)13(20)7-11/h5-8H,9-10H2,1-4H3,(H,21,25)(H,22,26). The highest BCUT2D eigenvalue weighted by Crippen LogP contribution is 2.25. The average molecular weight is 413 g/mol. The quantitative estimate of drug-likeness (QED) is 0.753. The van der Waals surface area contributed by atoms with Gasteiger partial charge in [-0.1, -0.05) is 49.1 Å². The number of carbonyl (C=O) groups excluding carboxylic acids is 2. The molecule has 1 heterocycles. The van der Waals surface area contributed by atoms with Gasteiger partial charge in [0.05, 0.1) is 28.8 Å². The fourth-order valence-electron chi connectivity index (χ4n) is 2.19.